The maximum atomic E-state index is 11.1. The van der Waals surface area contributed by atoms with E-state index in [1.165, 1.54) is 0 Å². The highest BCUT2D eigenvalue weighted by molar-refractivity contribution is 5.96. The Morgan fingerprint density at radius 2 is 1.47 bits per heavy atom. The number of hydrogen-bond acceptors (Lipinski definition) is 2. The molecular weight excluding hydrogens is 186 g/mol. The van der Waals surface area contributed by atoms with Crippen LogP contribution in [0.1, 0.15) is 5.56 Å². The molecule has 0 unspecified atom stereocenters. The maximum Gasteiger partial charge on any atom is -0.00771 e. The number of benzene rings is 2. The van der Waals surface area contributed by atoms with Crippen molar-refractivity contribution in [3.05, 3.63) is 60.2 Å². The van der Waals surface area contributed by atoms with Gasteiger partial charge in [0, 0.05) is 0 Å². The average molecular weight is 196 g/mol. The van der Waals surface area contributed by atoms with Gasteiger partial charge in [-0.15, -0.1) is 0 Å². The minimum atomic E-state index is -0.644. The molecule has 2 aromatic carbocycles. The molecule has 0 saturated heterocycles. The first-order valence-corrected chi connectivity index (χ1v) is 4.69. The Morgan fingerprint density at radius 1 is 0.867 bits per heavy atom. The Bertz CT molecular complexity index is 477. The highest BCUT2D eigenvalue weighted by atomic mass is 16.3. The second-order valence-electron chi connectivity index (χ2n) is 3.24. The van der Waals surface area contributed by atoms with Crippen molar-refractivity contribution in [3.63, 3.8) is 0 Å². The topological polar surface area (TPSA) is 46.9 Å². The third-order valence-corrected chi connectivity index (χ3v) is 2.26. The van der Waals surface area contributed by atoms with Gasteiger partial charge in [-0.2, -0.15) is 0 Å². The molecule has 0 spiro atoms. The van der Waals surface area contributed by atoms with Gasteiger partial charge in [0.05, 0.1) is 0 Å². The first kappa shape index (κ1) is 9.46. The van der Waals surface area contributed by atoms with Gasteiger partial charge in [0.1, 0.15) is 0 Å². The lowest BCUT2D eigenvalue weighted by molar-refractivity contribution is -0.214. The van der Waals surface area contributed by atoms with Crippen LogP contribution in [-0.4, -0.2) is 5.90 Å². The molecule has 0 heterocycles. The molecule has 0 aliphatic heterocycles. The molecule has 0 aliphatic rings. The monoisotopic (exact) mass is 196 g/mol. The van der Waals surface area contributed by atoms with Gasteiger partial charge < -0.3 is 10.5 Å². The summed E-state index contributed by atoms with van der Waals surface area (Å²) in [6.07, 6.45) is 0. The van der Waals surface area contributed by atoms with E-state index in [0.29, 0.717) is 5.56 Å². The second kappa shape index (κ2) is 3.96. The normalized spacial score (nSPS) is 9.87. The van der Waals surface area contributed by atoms with Crippen molar-refractivity contribution in [1.29, 1.82) is 5.41 Å². The molecule has 74 valence electrons. The van der Waals surface area contributed by atoms with Crippen molar-refractivity contribution in [1.82, 2.24) is 0 Å². The number of rotatable bonds is 2. The van der Waals surface area contributed by atoms with Gasteiger partial charge in [0.15, 0.2) is 0 Å². The summed E-state index contributed by atoms with van der Waals surface area (Å²) in [5, 5.41) is 18.3. The van der Waals surface area contributed by atoms with E-state index in [0.717, 1.165) is 11.1 Å². The lowest BCUT2D eigenvalue weighted by Crippen LogP contribution is -2.17. The Kier molecular flexibility index (Phi) is 2.50. The molecule has 0 saturated carbocycles. The van der Waals surface area contributed by atoms with Crippen LogP contribution < -0.4 is 5.11 Å². The van der Waals surface area contributed by atoms with Crippen LogP contribution in [0.25, 0.3) is 11.1 Å². The van der Waals surface area contributed by atoms with E-state index in [-0.39, 0.29) is 0 Å². The maximum absolute atomic E-state index is 11.1. The van der Waals surface area contributed by atoms with Gasteiger partial charge in [-0.05, 0) is 22.6 Å². The molecular formula is C13H10NO-. The van der Waals surface area contributed by atoms with Crippen molar-refractivity contribution < 1.29 is 5.11 Å². The van der Waals surface area contributed by atoms with Crippen LogP contribution in [0.2, 0.25) is 0 Å². The molecule has 0 radical (unpaired) electrons. The van der Waals surface area contributed by atoms with E-state index >= 15 is 0 Å². The van der Waals surface area contributed by atoms with E-state index in [2.05, 4.69) is 0 Å². The molecule has 0 amide bonds. The number of nitrogens with one attached hydrogen (secondary N) is 1. The van der Waals surface area contributed by atoms with Crippen LogP contribution >= 0.6 is 0 Å². The Morgan fingerprint density at radius 3 is 2.13 bits per heavy atom. The second-order valence-corrected chi connectivity index (χ2v) is 3.24. The van der Waals surface area contributed by atoms with Crippen LogP contribution in [0.4, 0.5) is 0 Å². The summed E-state index contributed by atoms with van der Waals surface area (Å²) in [5.74, 6) is -0.644. The first-order chi connectivity index (χ1) is 7.29. The smallest absolute Gasteiger partial charge is 0.00771 e. The van der Waals surface area contributed by atoms with E-state index < -0.39 is 5.90 Å². The standard InChI is InChI=1S/C13H11NO/c14-13(15)12-9-5-4-8-11(12)10-6-2-1-3-7-10/h1-9H,(H2,14,15)/p-1. The van der Waals surface area contributed by atoms with E-state index in [4.69, 9.17) is 5.41 Å². The predicted octanol–water partition coefficient (Wildman–Crippen LogP) is 2.04. The summed E-state index contributed by atoms with van der Waals surface area (Å²) in [7, 11) is 0. The van der Waals surface area contributed by atoms with Crippen LogP contribution in [-0.2, 0) is 0 Å². The minimum Gasteiger partial charge on any atom is -0.859 e. The van der Waals surface area contributed by atoms with Gasteiger partial charge in [-0.3, -0.25) is 0 Å². The van der Waals surface area contributed by atoms with Gasteiger partial charge >= 0.3 is 0 Å². The van der Waals surface area contributed by atoms with Crippen molar-refractivity contribution in [2.75, 3.05) is 0 Å². The third-order valence-electron chi connectivity index (χ3n) is 2.26. The number of hydrogen-bond donors (Lipinski definition) is 1. The molecule has 0 fully saturated rings. The third kappa shape index (κ3) is 1.89. The highest BCUT2D eigenvalue weighted by Gasteiger charge is 2.02. The zero-order valence-electron chi connectivity index (χ0n) is 8.10. The summed E-state index contributed by atoms with van der Waals surface area (Å²) < 4.78 is 0. The zero-order valence-corrected chi connectivity index (χ0v) is 8.10. The van der Waals surface area contributed by atoms with Crippen LogP contribution in [0.15, 0.2) is 54.6 Å². The van der Waals surface area contributed by atoms with E-state index in [9.17, 15) is 5.11 Å². The molecule has 0 aromatic heterocycles. The summed E-state index contributed by atoms with van der Waals surface area (Å²) >= 11 is 0. The molecule has 1 N–H and O–H groups in total. The van der Waals surface area contributed by atoms with E-state index in [1.54, 1.807) is 12.1 Å². The quantitative estimate of drug-likeness (QED) is 0.579. The lowest BCUT2D eigenvalue weighted by Gasteiger charge is -2.13. The predicted molar refractivity (Wildman–Crippen MR) is 58.7 cm³/mol. The lowest BCUT2D eigenvalue weighted by atomic mass is 10.00. The van der Waals surface area contributed by atoms with E-state index in [1.807, 2.05) is 42.5 Å². The average Bonchev–Trinajstić information content (AvgIpc) is 2.30. The first-order valence-electron chi connectivity index (χ1n) is 4.69. The molecule has 2 rings (SSSR count). The van der Waals surface area contributed by atoms with Gasteiger partial charge in [-0.25, -0.2) is 0 Å². The fourth-order valence-corrected chi connectivity index (χ4v) is 1.55. The Balaban J connectivity index is 2.58. The summed E-state index contributed by atoms with van der Waals surface area (Å²) in [6.45, 7) is 0. The minimum absolute atomic E-state index is 0.448. The van der Waals surface area contributed by atoms with Gasteiger partial charge in [-0.1, -0.05) is 54.6 Å². The van der Waals surface area contributed by atoms with Crippen molar-refractivity contribution in [2.24, 2.45) is 0 Å². The largest absolute Gasteiger partial charge is 0.859 e. The summed E-state index contributed by atoms with van der Waals surface area (Å²) in [5.41, 5.74) is 2.23. The molecule has 0 bridgehead atoms. The molecule has 2 heteroatoms. The Hall–Kier alpha value is -2.09. The van der Waals surface area contributed by atoms with Crippen molar-refractivity contribution in [3.8, 4) is 11.1 Å². The Labute approximate surface area is 88.3 Å². The van der Waals surface area contributed by atoms with Crippen molar-refractivity contribution >= 4 is 5.90 Å². The fraction of sp³-hybridized carbons (Fsp3) is 0. The highest BCUT2D eigenvalue weighted by Crippen LogP contribution is 2.22. The molecule has 15 heavy (non-hydrogen) atoms. The zero-order chi connectivity index (χ0) is 10.7. The summed E-state index contributed by atoms with van der Waals surface area (Å²) in [4.78, 5) is 0. The van der Waals surface area contributed by atoms with Gasteiger partial charge in [0.25, 0.3) is 0 Å². The van der Waals surface area contributed by atoms with Gasteiger partial charge in [0.2, 0.25) is 0 Å². The molecule has 2 aromatic rings. The van der Waals surface area contributed by atoms with Crippen molar-refractivity contribution in [2.45, 2.75) is 0 Å². The van der Waals surface area contributed by atoms with Crippen LogP contribution in [0, 0.1) is 5.41 Å². The van der Waals surface area contributed by atoms with Crippen LogP contribution in [0.3, 0.4) is 0 Å². The molecule has 0 aliphatic carbocycles. The summed E-state index contributed by atoms with van der Waals surface area (Å²) in [6, 6.07) is 16.8. The fourth-order valence-electron chi connectivity index (χ4n) is 1.55. The SMILES string of the molecule is N=C([O-])c1ccccc1-c1ccccc1. The molecule has 2 nitrogen and oxygen atoms in total. The van der Waals surface area contributed by atoms with Crippen LogP contribution in [0.5, 0.6) is 0 Å². The molecule has 0 atom stereocenters.